The van der Waals surface area contributed by atoms with Crippen molar-refractivity contribution >= 4 is 17.4 Å². The first-order valence-electron chi connectivity index (χ1n) is 9.30. The van der Waals surface area contributed by atoms with E-state index in [1.165, 1.54) is 4.68 Å². The van der Waals surface area contributed by atoms with Crippen molar-refractivity contribution < 1.29 is 4.79 Å². The molecule has 0 saturated carbocycles. The van der Waals surface area contributed by atoms with Gasteiger partial charge in [-0.25, -0.2) is 4.68 Å². The number of nitrogens with one attached hydrogen (secondary N) is 1. The Morgan fingerprint density at radius 3 is 2.39 bits per heavy atom. The fourth-order valence-electron chi connectivity index (χ4n) is 3.45. The minimum Gasteiger partial charge on any atom is -0.355 e. The quantitative estimate of drug-likeness (QED) is 0.752. The summed E-state index contributed by atoms with van der Waals surface area (Å²) in [5.41, 5.74) is 1.51. The molecule has 28 heavy (non-hydrogen) atoms. The molecule has 3 aromatic rings. The maximum absolute atomic E-state index is 12.9. The second kappa shape index (κ2) is 7.30. The topological polar surface area (TPSA) is 85.1 Å². The largest absolute Gasteiger partial charge is 0.355 e. The summed E-state index contributed by atoms with van der Waals surface area (Å²) in [6.07, 6.45) is 2.29. The van der Waals surface area contributed by atoms with Crippen molar-refractivity contribution in [1.29, 1.82) is 0 Å². The molecule has 4 rings (SSSR count). The summed E-state index contributed by atoms with van der Waals surface area (Å²) in [6, 6.07) is 12.7. The second-order valence-electron chi connectivity index (χ2n) is 6.86. The van der Waals surface area contributed by atoms with Crippen LogP contribution in [-0.2, 0) is 7.05 Å². The molecule has 0 radical (unpaired) electrons. The van der Waals surface area contributed by atoms with E-state index in [-0.39, 0.29) is 16.9 Å². The average molecular weight is 378 g/mol. The molecule has 0 atom stereocenters. The highest BCUT2D eigenvalue weighted by molar-refractivity contribution is 6.03. The third kappa shape index (κ3) is 3.17. The van der Waals surface area contributed by atoms with Crippen LogP contribution in [0.15, 0.2) is 47.3 Å². The van der Waals surface area contributed by atoms with Crippen LogP contribution >= 0.6 is 0 Å². The van der Waals surface area contributed by atoms with Crippen molar-refractivity contribution in [1.82, 2.24) is 19.6 Å². The highest BCUT2D eigenvalue weighted by Gasteiger charge is 2.20. The van der Waals surface area contributed by atoms with E-state index in [1.807, 2.05) is 30.3 Å². The van der Waals surface area contributed by atoms with Crippen LogP contribution in [0.2, 0.25) is 0 Å². The van der Waals surface area contributed by atoms with Gasteiger partial charge in [0.25, 0.3) is 11.5 Å². The predicted octanol–water partition coefficient (Wildman–Crippen LogP) is 2.13. The lowest BCUT2D eigenvalue weighted by atomic mass is 10.3. The summed E-state index contributed by atoms with van der Waals surface area (Å²) < 4.78 is 3.24. The maximum Gasteiger partial charge on any atom is 0.295 e. The zero-order valence-electron chi connectivity index (χ0n) is 15.9. The molecule has 0 aliphatic carbocycles. The smallest absolute Gasteiger partial charge is 0.295 e. The zero-order chi connectivity index (χ0) is 19.7. The average Bonchev–Trinajstić information content (AvgIpc) is 3.33. The van der Waals surface area contributed by atoms with Crippen LogP contribution in [-0.4, -0.2) is 38.6 Å². The molecule has 1 aromatic carbocycles. The van der Waals surface area contributed by atoms with E-state index in [0.29, 0.717) is 5.69 Å². The minimum atomic E-state index is -0.452. The number of carbonyl (C=O) groups excluding carboxylic acids is 1. The van der Waals surface area contributed by atoms with Gasteiger partial charge in [-0.1, -0.05) is 18.2 Å². The number of aromatic nitrogens is 4. The molecule has 1 aliphatic rings. The summed E-state index contributed by atoms with van der Waals surface area (Å²) in [7, 11) is 1.78. The maximum atomic E-state index is 12.9. The molecular formula is C20H22N6O2. The molecular weight excluding hydrogens is 356 g/mol. The van der Waals surface area contributed by atoms with Gasteiger partial charge < -0.3 is 10.2 Å². The molecule has 1 aliphatic heterocycles. The van der Waals surface area contributed by atoms with E-state index < -0.39 is 5.91 Å². The number of nitrogens with zero attached hydrogens (tertiary/aromatic N) is 5. The number of hydrogen-bond acceptors (Lipinski definition) is 5. The third-order valence-electron chi connectivity index (χ3n) is 5.11. The van der Waals surface area contributed by atoms with Gasteiger partial charge in [-0.05, 0) is 44.0 Å². The highest BCUT2D eigenvalue weighted by Crippen LogP contribution is 2.18. The van der Waals surface area contributed by atoms with E-state index in [0.717, 1.165) is 37.4 Å². The lowest BCUT2D eigenvalue weighted by Gasteiger charge is -2.15. The molecule has 8 nitrogen and oxygen atoms in total. The number of amides is 1. The Balaban J connectivity index is 1.59. The number of carbonyl (C=O) groups is 1. The lowest BCUT2D eigenvalue weighted by Crippen LogP contribution is -2.24. The Labute approximate surface area is 162 Å². The van der Waals surface area contributed by atoms with Gasteiger partial charge in [0, 0.05) is 20.1 Å². The van der Waals surface area contributed by atoms with Crippen LogP contribution in [0, 0.1) is 6.92 Å². The van der Waals surface area contributed by atoms with Crippen LogP contribution in [0.25, 0.3) is 5.69 Å². The predicted molar refractivity (Wildman–Crippen MR) is 107 cm³/mol. The van der Waals surface area contributed by atoms with Crippen molar-refractivity contribution in [3.63, 3.8) is 0 Å². The molecule has 1 amide bonds. The summed E-state index contributed by atoms with van der Waals surface area (Å²) in [4.78, 5) is 27.7. The van der Waals surface area contributed by atoms with E-state index in [4.69, 9.17) is 0 Å². The van der Waals surface area contributed by atoms with Crippen LogP contribution in [0.1, 0.15) is 29.0 Å². The Bertz CT molecular complexity index is 1050. The summed E-state index contributed by atoms with van der Waals surface area (Å²) in [6.45, 7) is 3.71. The summed E-state index contributed by atoms with van der Waals surface area (Å²) >= 11 is 0. The molecule has 1 saturated heterocycles. The molecule has 2 aromatic heterocycles. The molecule has 0 unspecified atom stereocenters. The molecule has 0 spiro atoms. The van der Waals surface area contributed by atoms with Gasteiger partial charge >= 0.3 is 0 Å². The van der Waals surface area contributed by atoms with Crippen molar-refractivity contribution in [2.24, 2.45) is 7.05 Å². The fourth-order valence-corrected chi connectivity index (χ4v) is 3.45. The van der Waals surface area contributed by atoms with Crippen molar-refractivity contribution in [3.05, 3.63) is 64.2 Å². The Morgan fingerprint density at radius 1 is 1.04 bits per heavy atom. The van der Waals surface area contributed by atoms with Gasteiger partial charge in [-0.15, -0.1) is 10.2 Å². The highest BCUT2D eigenvalue weighted by atomic mass is 16.2. The van der Waals surface area contributed by atoms with E-state index >= 15 is 0 Å². The third-order valence-corrected chi connectivity index (χ3v) is 5.11. The van der Waals surface area contributed by atoms with Crippen LogP contribution in [0.5, 0.6) is 0 Å². The number of rotatable bonds is 4. The minimum absolute atomic E-state index is 0.178. The van der Waals surface area contributed by atoms with Gasteiger partial charge in [0.05, 0.1) is 11.4 Å². The monoisotopic (exact) mass is 378 g/mol. The summed E-state index contributed by atoms with van der Waals surface area (Å²) in [5, 5.41) is 10.9. The SMILES string of the molecule is Cc1c(NC(=O)c2ccc(N3CCCC3)nn2)c(=O)n(-c2ccccc2)n1C. The van der Waals surface area contributed by atoms with E-state index in [1.54, 1.807) is 30.8 Å². The van der Waals surface area contributed by atoms with Crippen molar-refractivity contribution in [2.75, 3.05) is 23.3 Å². The lowest BCUT2D eigenvalue weighted by molar-refractivity contribution is 0.102. The van der Waals surface area contributed by atoms with E-state index in [2.05, 4.69) is 20.4 Å². The molecule has 144 valence electrons. The van der Waals surface area contributed by atoms with Gasteiger partial charge in [0.15, 0.2) is 11.5 Å². The Hall–Kier alpha value is -3.42. The normalized spacial score (nSPS) is 13.7. The van der Waals surface area contributed by atoms with Gasteiger partial charge in [0.1, 0.15) is 5.69 Å². The zero-order valence-corrected chi connectivity index (χ0v) is 15.9. The van der Waals surface area contributed by atoms with Crippen LogP contribution < -0.4 is 15.8 Å². The number of para-hydroxylation sites is 1. The first-order valence-corrected chi connectivity index (χ1v) is 9.30. The molecule has 8 heteroatoms. The number of benzene rings is 1. The molecule has 0 bridgehead atoms. The van der Waals surface area contributed by atoms with Crippen LogP contribution in [0.4, 0.5) is 11.5 Å². The van der Waals surface area contributed by atoms with Crippen molar-refractivity contribution in [3.8, 4) is 5.69 Å². The Morgan fingerprint density at radius 2 is 1.75 bits per heavy atom. The van der Waals surface area contributed by atoms with Gasteiger partial charge in [-0.2, -0.15) is 0 Å². The number of hydrogen-bond donors (Lipinski definition) is 1. The Kier molecular flexibility index (Phi) is 4.68. The first-order chi connectivity index (χ1) is 13.6. The standard InChI is InChI=1S/C20H22N6O2/c1-14-18(20(28)26(24(14)2)15-8-4-3-5-9-15)21-19(27)16-10-11-17(23-22-16)25-12-6-7-13-25/h3-5,8-11H,6-7,12-13H2,1-2H3,(H,21,27). The van der Waals surface area contributed by atoms with Crippen LogP contribution in [0.3, 0.4) is 0 Å². The first kappa shape index (κ1) is 18.0. The molecule has 1 fully saturated rings. The van der Waals surface area contributed by atoms with Crippen molar-refractivity contribution in [2.45, 2.75) is 19.8 Å². The second-order valence-corrected chi connectivity index (χ2v) is 6.86. The van der Waals surface area contributed by atoms with E-state index in [9.17, 15) is 9.59 Å². The van der Waals surface area contributed by atoms with Gasteiger partial charge in [-0.3, -0.25) is 14.3 Å². The number of anilines is 2. The van der Waals surface area contributed by atoms with Gasteiger partial charge in [0.2, 0.25) is 0 Å². The summed E-state index contributed by atoms with van der Waals surface area (Å²) in [5.74, 6) is 0.322. The molecule has 3 heterocycles. The fraction of sp³-hybridized carbons (Fsp3) is 0.300. The molecule has 1 N–H and O–H groups in total.